The van der Waals surface area contributed by atoms with E-state index in [0.29, 0.717) is 24.1 Å². The highest BCUT2D eigenvalue weighted by Crippen LogP contribution is 2.46. The van der Waals surface area contributed by atoms with Gasteiger partial charge in [0.2, 0.25) is 0 Å². The number of alkyl halides is 2. The maximum atomic E-state index is 14.6. The molecule has 2 fully saturated rings. The van der Waals surface area contributed by atoms with Crippen LogP contribution in [-0.2, 0) is 16.0 Å². The van der Waals surface area contributed by atoms with Crippen molar-refractivity contribution < 1.29 is 23.1 Å². The lowest BCUT2D eigenvalue weighted by Crippen LogP contribution is -2.53. The van der Waals surface area contributed by atoms with Crippen LogP contribution in [0.25, 0.3) is 0 Å². The molecule has 0 aromatic heterocycles. The summed E-state index contributed by atoms with van der Waals surface area (Å²) < 4.78 is 33.8. The SMILES string of the molecule is COC(=O)[C@H](CC(F)(F)Cc1ccccc1)NC(=O)N1CCC2(CCCC2)CC1. The molecule has 160 valence electrons. The summed E-state index contributed by atoms with van der Waals surface area (Å²) in [5.74, 6) is -4.00. The van der Waals surface area contributed by atoms with Crippen molar-refractivity contribution >= 4 is 12.0 Å². The number of rotatable bonds is 6. The monoisotopic (exact) mass is 408 g/mol. The van der Waals surface area contributed by atoms with Crippen LogP contribution in [-0.4, -0.2) is 49.1 Å². The molecule has 1 atom stereocenters. The Morgan fingerprint density at radius 2 is 1.76 bits per heavy atom. The molecule has 1 aliphatic carbocycles. The number of nitrogens with zero attached hydrogens (tertiary/aromatic N) is 1. The first-order valence-electron chi connectivity index (χ1n) is 10.4. The van der Waals surface area contributed by atoms with Gasteiger partial charge in [-0.25, -0.2) is 18.4 Å². The van der Waals surface area contributed by atoms with Crippen molar-refractivity contribution in [1.82, 2.24) is 10.2 Å². The number of ether oxygens (including phenoxy) is 1. The fourth-order valence-corrected chi connectivity index (χ4v) is 4.65. The smallest absolute Gasteiger partial charge is 0.328 e. The van der Waals surface area contributed by atoms with E-state index in [1.54, 1.807) is 35.2 Å². The molecule has 1 aromatic rings. The molecule has 5 nitrogen and oxygen atoms in total. The fourth-order valence-electron chi connectivity index (χ4n) is 4.65. The number of nitrogens with one attached hydrogen (secondary N) is 1. The second kappa shape index (κ2) is 9.09. The van der Waals surface area contributed by atoms with Gasteiger partial charge in [-0.05, 0) is 36.7 Å². The fraction of sp³-hybridized carbons (Fsp3) is 0.636. The molecule has 1 saturated heterocycles. The zero-order valence-corrected chi connectivity index (χ0v) is 17.0. The van der Waals surface area contributed by atoms with Crippen molar-refractivity contribution in [1.29, 1.82) is 0 Å². The number of hydrogen-bond donors (Lipinski definition) is 1. The van der Waals surface area contributed by atoms with Crippen molar-refractivity contribution in [2.45, 2.75) is 63.3 Å². The number of carbonyl (C=O) groups excluding carboxylic acids is 2. The summed E-state index contributed by atoms with van der Waals surface area (Å²) >= 11 is 0. The van der Waals surface area contributed by atoms with Crippen LogP contribution in [0.4, 0.5) is 13.6 Å². The zero-order chi connectivity index (χ0) is 20.9. The Labute approximate surface area is 170 Å². The average Bonchev–Trinajstić information content (AvgIpc) is 3.15. The Morgan fingerprint density at radius 1 is 1.14 bits per heavy atom. The number of carbonyl (C=O) groups is 2. The van der Waals surface area contributed by atoms with Gasteiger partial charge in [-0.2, -0.15) is 0 Å². The maximum absolute atomic E-state index is 14.6. The predicted molar refractivity (Wildman–Crippen MR) is 106 cm³/mol. The third-order valence-electron chi connectivity index (χ3n) is 6.37. The van der Waals surface area contributed by atoms with Gasteiger partial charge in [0.05, 0.1) is 7.11 Å². The molecule has 2 amide bonds. The molecule has 2 aliphatic rings. The van der Waals surface area contributed by atoms with Gasteiger partial charge in [-0.3, -0.25) is 0 Å². The molecular formula is C22H30F2N2O3. The molecule has 1 saturated carbocycles. The van der Waals surface area contributed by atoms with Gasteiger partial charge >= 0.3 is 12.0 Å². The number of amides is 2. The van der Waals surface area contributed by atoms with Gasteiger partial charge in [0.1, 0.15) is 6.04 Å². The minimum atomic E-state index is -3.15. The Morgan fingerprint density at radius 3 is 2.34 bits per heavy atom. The highest BCUT2D eigenvalue weighted by molar-refractivity contribution is 5.83. The first-order valence-corrected chi connectivity index (χ1v) is 10.4. The summed E-state index contributed by atoms with van der Waals surface area (Å²) in [6.45, 7) is 1.19. The van der Waals surface area contributed by atoms with Gasteiger partial charge in [0, 0.05) is 25.9 Å². The van der Waals surface area contributed by atoms with Gasteiger partial charge in [0.25, 0.3) is 5.92 Å². The highest BCUT2D eigenvalue weighted by Gasteiger charge is 2.40. The van der Waals surface area contributed by atoms with Crippen LogP contribution in [0.1, 0.15) is 50.5 Å². The minimum absolute atomic E-state index is 0.348. The molecule has 7 heteroatoms. The summed E-state index contributed by atoms with van der Waals surface area (Å²) in [4.78, 5) is 26.3. The largest absolute Gasteiger partial charge is 0.467 e. The number of likely N-dealkylation sites (tertiary alicyclic amines) is 1. The maximum Gasteiger partial charge on any atom is 0.328 e. The Hall–Kier alpha value is -2.18. The molecule has 0 unspecified atom stereocenters. The van der Waals surface area contributed by atoms with Crippen LogP contribution in [0.3, 0.4) is 0 Å². The minimum Gasteiger partial charge on any atom is -0.467 e. The Balaban J connectivity index is 1.58. The van der Waals surface area contributed by atoms with Gasteiger partial charge in [-0.1, -0.05) is 43.2 Å². The van der Waals surface area contributed by atoms with E-state index < -0.39 is 36.8 Å². The normalized spacial score (nSPS) is 19.8. The van der Waals surface area contributed by atoms with Gasteiger partial charge in [-0.15, -0.1) is 0 Å². The zero-order valence-electron chi connectivity index (χ0n) is 17.0. The van der Waals surface area contributed by atoms with Crippen molar-refractivity contribution in [2.75, 3.05) is 20.2 Å². The van der Waals surface area contributed by atoms with Crippen LogP contribution in [0.15, 0.2) is 30.3 Å². The lowest BCUT2D eigenvalue weighted by molar-refractivity contribution is -0.145. The molecule has 1 spiro atoms. The standard InChI is InChI=1S/C22H30F2N2O3/c1-29-19(27)18(16-22(23,24)15-17-7-3-2-4-8-17)25-20(28)26-13-11-21(12-14-26)9-5-6-10-21/h2-4,7-8,18H,5-6,9-16H2,1H3,(H,25,28)/t18-/m0/s1. The van der Waals surface area contributed by atoms with Crippen molar-refractivity contribution in [3.8, 4) is 0 Å². The molecular weight excluding hydrogens is 378 g/mol. The van der Waals surface area contributed by atoms with E-state index in [4.69, 9.17) is 0 Å². The molecule has 1 aromatic carbocycles. The van der Waals surface area contributed by atoms with E-state index >= 15 is 0 Å². The molecule has 1 aliphatic heterocycles. The summed E-state index contributed by atoms with van der Waals surface area (Å²) in [7, 11) is 1.14. The molecule has 1 heterocycles. The average molecular weight is 408 g/mol. The summed E-state index contributed by atoms with van der Waals surface area (Å²) in [5, 5.41) is 2.49. The van der Waals surface area contributed by atoms with Crippen LogP contribution in [0, 0.1) is 5.41 Å². The van der Waals surface area contributed by atoms with Crippen LogP contribution in [0.5, 0.6) is 0 Å². The summed E-state index contributed by atoms with van der Waals surface area (Å²) in [6.07, 6.45) is 5.49. The van der Waals surface area contributed by atoms with Crippen molar-refractivity contribution in [3.63, 3.8) is 0 Å². The molecule has 29 heavy (non-hydrogen) atoms. The number of hydrogen-bond acceptors (Lipinski definition) is 3. The first-order chi connectivity index (χ1) is 13.8. The van der Waals surface area contributed by atoms with Crippen molar-refractivity contribution in [2.24, 2.45) is 5.41 Å². The second-order valence-electron chi connectivity index (χ2n) is 8.44. The van der Waals surface area contributed by atoms with E-state index in [1.807, 2.05) is 0 Å². The Kier molecular flexibility index (Phi) is 6.75. The van der Waals surface area contributed by atoms with Gasteiger partial charge < -0.3 is 15.0 Å². The first kappa shape index (κ1) is 21.5. The summed E-state index contributed by atoms with van der Waals surface area (Å²) in [5.41, 5.74) is 0.826. The topological polar surface area (TPSA) is 58.6 Å². The molecule has 1 N–H and O–H groups in total. The van der Waals surface area contributed by atoms with Crippen LogP contribution in [0.2, 0.25) is 0 Å². The number of esters is 1. The van der Waals surface area contributed by atoms with E-state index in [1.165, 1.54) is 25.7 Å². The van der Waals surface area contributed by atoms with E-state index in [9.17, 15) is 18.4 Å². The molecule has 3 rings (SSSR count). The van der Waals surface area contributed by atoms with E-state index in [-0.39, 0.29) is 0 Å². The lowest BCUT2D eigenvalue weighted by Gasteiger charge is -2.39. The summed E-state index contributed by atoms with van der Waals surface area (Å²) in [6, 6.07) is 6.53. The quantitative estimate of drug-likeness (QED) is 0.719. The van der Waals surface area contributed by atoms with E-state index in [2.05, 4.69) is 10.1 Å². The highest BCUT2D eigenvalue weighted by atomic mass is 19.3. The molecule has 0 radical (unpaired) electrons. The number of methoxy groups -OCH3 is 1. The number of piperidine rings is 1. The Bertz CT molecular complexity index is 695. The number of urea groups is 1. The predicted octanol–water partition coefficient (Wildman–Crippen LogP) is 4.16. The third kappa shape index (κ3) is 5.67. The third-order valence-corrected chi connectivity index (χ3v) is 6.37. The number of halogens is 2. The number of benzene rings is 1. The molecule has 0 bridgehead atoms. The van der Waals surface area contributed by atoms with Crippen LogP contribution < -0.4 is 5.32 Å². The van der Waals surface area contributed by atoms with Crippen molar-refractivity contribution in [3.05, 3.63) is 35.9 Å². The van der Waals surface area contributed by atoms with E-state index in [0.717, 1.165) is 20.0 Å². The lowest BCUT2D eigenvalue weighted by atomic mass is 9.77. The second-order valence-corrected chi connectivity index (χ2v) is 8.44. The van der Waals surface area contributed by atoms with Crippen LogP contribution >= 0.6 is 0 Å². The van der Waals surface area contributed by atoms with Gasteiger partial charge in [0.15, 0.2) is 0 Å².